The Balaban J connectivity index is 3.60. The summed E-state index contributed by atoms with van der Waals surface area (Å²) in [6, 6.07) is 0. The molecule has 0 heterocycles. The number of hydrogen-bond donors (Lipinski definition) is 0. The lowest BCUT2D eigenvalue weighted by Gasteiger charge is -2.14. The third kappa shape index (κ3) is 7.91. The molecule has 0 radical (unpaired) electrons. The van der Waals surface area contributed by atoms with Crippen LogP contribution in [0.4, 0.5) is 0 Å². The highest BCUT2D eigenvalue weighted by atomic mass is 16.2. The number of hydrogen-bond acceptors (Lipinski definition) is 3. The van der Waals surface area contributed by atoms with Crippen molar-refractivity contribution in [3.8, 4) is 0 Å². The van der Waals surface area contributed by atoms with E-state index in [-0.39, 0.29) is 11.7 Å². The summed E-state index contributed by atoms with van der Waals surface area (Å²) in [7, 11) is 1.70. The molecular formula is C12H19NO3. The van der Waals surface area contributed by atoms with Crippen LogP contribution in [0.1, 0.15) is 32.6 Å². The fourth-order valence-electron chi connectivity index (χ4n) is 1.26. The van der Waals surface area contributed by atoms with Gasteiger partial charge in [-0.3, -0.25) is 9.59 Å². The van der Waals surface area contributed by atoms with Gasteiger partial charge in [0.25, 0.3) is 0 Å². The van der Waals surface area contributed by atoms with E-state index in [9.17, 15) is 14.4 Å². The topological polar surface area (TPSA) is 54.5 Å². The van der Waals surface area contributed by atoms with Crippen molar-refractivity contribution in [2.24, 2.45) is 0 Å². The van der Waals surface area contributed by atoms with Crippen molar-refractivity contribution in [2.45, 2.75) is 32.6 Å². The Labute approximate surface area is 96.3 Å². The van der Waals surface area contributed by atoms with Crippen molar-refractivity contribution in [3.63, 3.8) is 0 Å². The lowest BCUT2D eigenvalue weighted by molar-refractivity contribution is -0.125. The van der Waals surface area contributed by atoms with Gasteiger partial charge in [-0.25, -0.2) is 0 Å². The Bertz CT molecular complexity index is 271. The number of carbonyl (C=O) groups is 3. The van der Waals surface area contributed by atoms with Crippen LogP contribution in [0.3, 0.4) is 0 Å². The van der Waals surface area contributed by atoms with E-state index in [1.165, 1.54) is 12.2 Å². The maximum absolute atomic E-state index is 11.3. The number of likely N-dealkylation sites (N-methyl/N-ethyl adjacent to an activating group) is 1. The van der Waals surface area contributed by atoms with Crippen molar-refractivity contribution in [1.82, 2.24) is 4.90 Å². The monoisotopic (exact) mass is 225 g/mol. The summed E-state index contributed by atoms with van der Waals surface area (Å²) in [6.45, 7) is 2.24. The Morgan fingerprint density at radius 1 is 1.19 bits per heavy atom. The molecule has 0 bridgehead atoms. The van der Waals surface area contributed by atoms with Gasteiger partial charge in [0.1, 0.15) is 12.1 Å². The smallest absolute Gasteiger partial charge is 0.246 e. The quantitative estimate of drug-likeness (QED) is 0.356. The van der Waals surface area contributed by atoms with E-state index in [4.69, 9.17) is 0 Å². The molecule has 0 saturated carbocycles. The molecule has 0 atom stereocenters. The number of Topliss-reactive ketones (excluding diaryl/α,β-unsaturated/α-hetero) is 1. The fourth-order valence-corrected chi connectivity index (χ4v) is 1.26. The van der Waals surface area contributed by atoms with Crippen LogP contribution in [0.5, 0.6) is 0 Å². The summed E-state index contributed by atoms with van der Waals surface area (Å²) in [5.74, 6) is 0.0389. The number of amides is 1. The number of carbonyl (C=O) groups excluding carboxylic acids is 3. The highest BCUT2D eigenvalue weighted by molar-refractivity contribution is 5.90. The minimum Gasteiger partial charge on any atom is -0.342 e. The number of unbranched alkanes of at least 4 members (excludes halogenated alkanes) is 2. The van der Waals surface area contributed by atoms with E-state index in [2.05, 4.69) is 0 Å². The lowest BCUT2D eigenvalue weighted by atomic mass is 10.1. The van der Waals surface area contributed by atoms with Crippen molar-refractivity contribution in [2.75, 3.05) is 13.6 Å². The van der Waals surface area contributed by atoms with Crippen LogP contribution < -0.4 is 0 Å². The molecule has 0 aliphatic heterocycles. The largest absolute Gasteiger partial charge is 0.342 e. The van der Waals surface area contributed by atoms with Crippen molar-refractivity contribution < 1.29 is 14.4 Å². The molecule has 4 nitrogen and oxygen atoms in total. The molecule has 16 heavy (non-hydrogen) atoms. The second-order valence-electron chi connectivity index (χ2n) is 3.77. The van der Waals surface area contributed by atoms with Gasteiger partial charge in [0.2, 0.25) is 5.91 Å². The number of allylic oxidation sites excluding steroid dienone is 1. The van der Waals surface area contributed by atoms with Crippen LogP contribution in [0.25, 0.3) is 0 Å². The predicted octanol–water partition coefficient (Wildman–Crippen LogP) is 1.35. The van der Waals surface area contributed by atoms with E-state index in [1.54, 1.807) is 18.9 Å². The number of rotatable bonds is 8. The van der Waals surface area contributed by atoms with Gasteiger partial charge in [0, 0.05) is 26.1 Å². The minimum absolute atomic E-state index is 0.168. The SMILES string of the molecule is CC(=O)CCCCCN(C)C(=O)/C=C\C=O. The van der Waals surface area contributed by atoms with Crippen LogP contribution in [-0.4, -0.2) is 36.5 Å². The first-order chi connectivity index (χ1) is 7.57. The van der Waals surface area contributed by atoms with Gasteiger partial charge < -0.3 is 9.69 Å². The van der Waals surface area contributed by atoms with Gasteiger partial charge in [-0.15, -0.1) is 0 Å². The first kappa shape index (κ1) is 14.6. The van der Waals surface area contributed by atoms with Crippen molar-refractivity contribution >= 4 is 18.0 Å². The Morgan fingerprint density at radius 2 is 1.88 bits per heavy atom. The standard InChI is InChI=1S/C12H19NO3/c1-11(15)7-4-3-5-9-13(2)12(16)8-6-10-14/h6,8,10H,3-5,7,9H2,1-2H3/b8-6-. The molecule has 0 aliphatic rings. The molecular weight excluding hydrogens is 206 g/mol. The van der Waals surface area contributed by atoms with Crippen molar-refractivity contribution in [3.05, 3.63) is 12.2 Å². The second-order valence-corrected chi connectivity index (χ2v) is 3.77. The lowest BCUT2D eigenvalue weighted by Crippen LogP contribution is -2.25. The van der Waals surface area contributed by atoms with Crippen LogP contribution in [-0.2, 0) is 14.4 Å². The zero-order valence-corrected chi connectivity index (χ0v) is 9.94. The maximum Gasteiger partial charge on any atom is 0.246 e. The molecule has 1 amide bonds. The zero-order valence-electron chi connectivity index (χ0n) is 9.94. The van der Waals surface area contributed by atoms with E-state index >= 15 is 0 Å². The van der Waals surface area contributed by atoms with Gasteiger partial charge in [0.05, 0.1) is 0 Å². The van der Waals surface area contributed by atoms with Gasteiger partial charge in [-0.1, -0.05) is 6.42 Å². The first-order valence-corrected chi connectivity index (χ1v) is 5.44. The molecule has 0 rings (SSSR count). The number of aldehydes is 1. The highest BCUT2D eigenvalue weighted by Crippen LogP contribution is 2.02. The Kier molecular flexibility index (Phi) is 8.03. The van der Waals surface area contributed by atoms with E-state index in [1.807, 2.05) is 0 Å². The summed E-state index contributed by atoms with van der Waals surface area (Å²) in [5.41, 5.74) is 0. The van der Waals surface area contributed by atoms with Gasteiger partial charge in [0.15, 0.2) is 0 Å². The molecule has 0 aromatic carbocycles. The van der Waals surface area contributed by atoms with Crippen LogP contribution in [0.2, 0.25) is 0 Å². The summed E-state index contributed by atoms with van der Waals surface area (Å²) in [4.78, 5) is 33.5. The van der Waals surface area contributed by atoms with Crippen LogP contribution >= 0.6 is 0 Å². The first-order valence-electron chi connectivity index (χ1n) is 5.44. The average molecular weight is 225 g/mol. The Morgan fingerprint density at radius 3 is 2.44 bits per heavy atom. The summed E-state index contributed by atoms with van der Waals surface area (Å²) >= 11 is 0. The second kappa shape index (κ2) is 8.83. The van der Waals surface area contributed by atoms with Crippen LogP contribution in [0.15, 0.2) is 12.2 Å². The molecule has 0 fully saturated rings. The van der Waals surface area contributed by atoms with Gasteiger partial charge in [-0.05, 0) is 25.8 Å². The number of ketones is 1. The minimum atomic E-state index is -0.168. The van der Waals surface area contributed by atoms with E-state index in [0.29, 0.717) is 19.3 Å². The molecule has 0 N–H and O–H groups in total. The van der Waals surface area contributed by atoms with E-state index < -0.39 is 0 Å². The summed E-state index contributed by atoms with van der Waals surface area (Å²) in [5, 5.41) is 0. The highest BCUT2D eigenvalue weighted by Gasteiger charge is 2.03. The van der Waals surface area contributed by atoms with Gasteiger partial charge in [-0.2, -0.15) is 0 Å². The molecule has 0 unspecified atom stereocenters. The average Bonchev–Trinajstić information content (AvgIpc) is 2.24. The third-order valence-corrected chi connectivity index (χ3v) is 2.22. The van der Waals surface area contributed by atoms with Crippen LogP contribution in [0, 0.1) is 0 Å². The predicted molar refractivity (Wildman–Crippen MR) is 62.0 cm³/mol. The Hall–Kier alpha value is -1.45. The maximum atomic E-state index is 11.3. The summed E-state index contributed by atoms with van der Waals surface area (Å²) in [6.07, 6.45) is 6.33. The van der Waals surface area contributed by atoms with Crippen molar-refractivity contribution in [1.29, 1.82) is 0 Å². The molecule has 0 spiro atoms. The fraction of sp³-hybridized carbons (Fsp3) is 0.583. The molecule has 0 aliphatic carbocycles. The molecule has 0 aromatic rings. The molecule has 4 heteroatoms. The number of nitrogens with zero attached hydrogens (tertiary/aromatic N) is 1. The summed E-state index contributed by atoms with van der Waals surface area (Å²) < 4.78 is 0. The molecule has 90 valence electrons. The molecule has 0 saturated heterocycles. The van der Waals surface area contributed by atoms with Gasteiger partial charge >= 0.3 is 0 Å². The molecule has 0 aromatic heterocycles. The zero-order chi connectivity index (χ0) is 12.4. The normalized spacial score (nSPS) is 10.4. The third-order valence-electron chi connectivity index (χ3n) is 2.22. The van der Waals surface area contributed by atoms with E-state index in [0.717, 1.165) is 19.3 Å².